The minimum atomic E-state index is -0.0705. The molecule has 1 amide bonds. The van der Waals surface area contributed by atoms with Crippen LogP contribution in [0.15, 0.2) is 18.2 Å². The smallest absolute Gasteiger partial charge is 0.239 e. The number of amides is 1. The third-order valence-corrected chi connectivity index (χ3v) is 2.39. The van der Waals surface area contributed by atoms with E-state index >= 15 is 0 Å². The lowest BCUT2D eigenvalue weighted by atomic mass is 10.3. The molecule has 94 valence electrons. The number of rotatable bonds is 5. The number of methoxy groups -OCH3 is 1. The van der Waals surface area contributed by atoms with Crippen molar-refractivity contribution in [1.82, 2.24) is 5.32 Å². The molecule has 0 radical (unpaired) electrons. The van der Waals surface area contributed by atoms with E-state index in [-0.39, 0.29) is 18.5 Å². The number of hydrogen-bond donors (Lipinski definition) is 2. The van der Waals surface area contributed by atoms with Crippen LogP contribution < -0.4 is 15.4 Å². The first-order valence-electron chi connectivity index (χ1n) is 5.39. The van der Waals surface area contributed by atoms with Crippen LogP contribution in [0.5, 0.6) is 5.75 Å². The summed E-state index contributed by atoms with van der Waals surface area (Å²) in [6.45, 7) is 4.01. The van der Waals surface area contributed by atoms with Crippen LogP contribution in [0, 0.1) is 0 Å². The zero-order valence-corrected chi connectivity index (χ0v) is 11.0. The van der Waals surface area contributed by atoms with E-state index in [0.717, 1.165) is 0 Å². The number of anilines is 1. The lowest BCUT2D eigenvalue weighted by molar-refractivity contribution is -0.119. The van der Waals surface area contributed by atoms with Crippen LogP contribution in [-0.2, 0) is 4.79 Å². The van der Waals surface area contributed by atoms with E-state index in [1.807, 2.05) is 13.8 Å². The molecular weight excluding hydrogens is 240 g/mol. The maximum atomic E-state index is 11.4. The van der Waals surface area contributed by atoms with Crippen LogP contribution in [-0.4, -0.2) is 25.6 Å². The average molecular weight is 257 g/mol. The fourth-order valence-corrected chi connectivity index (χ4v) is 1.50. The van der Waals surface area contributed by atoms with Crippen LogP contribution in [0.1, 0.15) is 13.8 Å². The van der Waals surface area contributed by atoms with E-state index in [2.05, 4.69) is 10.6 Å². The summed E-state index contributed by atoms with van der Waals surface area (Å²) < 4.78 is 5.08. The molecule has 0 atom stereocenters. The van der Waals surface area contributed by atoms with Crippen LogP contribution >= 0.6 is 11.6 Å². The topological polar surface area (TPSA) is 50.4 Å². The monoisotopic (exact) mass is 256 g/mol. The maximum absolute atomic E-state index is 11.4. The van der Waals surface area contributed by atoms with Crippen molar-refractivity contribution in [1.29, 1.82) is 0 Å². The Bertz CT molecular complexity index is 394. The second-order valence-corrected chi connectivity index (χ2v) is 4.33. The van der Waals surface area contributed by atoms with Crippen molar-refractivity contribution in [3.05, 3.63) is 23.2 Å². The molecule has 2 N–H and O–H groups in total. The fourth-order valence-electron chi connectivity index (χ4n) is 1.32. The van der Waals surface area contributed by atoms with Crippen LogP contribution in [0.3, 0.4) is 0 Å². The molecule has 1 rings (SSSR count). The van der Waals surface area contributed by atoms with Gasteiger partial charge in [-0.25, -0.2) is 0 Å². The lowest BCUT2D eigenvalue weighted by Crippen LogP contribution is -2.34. The lowest BCUT2D eigenvalue weighted by Gasteiger charge is -2.11. The van der Waals surface area contributed by atoms with Crippen molar-refractivity contribution in [3.8, 4) is 5.75 Å². The molecule has 0 aliphatic carbocycles. The zero-order valence-electron chi connectivity index (χ0n) is 10.2. The number of halogens is 1. The van der Waals surface area contributed by atoms with Gasteiger partial charge in [0.2, 0.25) is 5.91 Å². The Morgan fingerprint density at radius 3 is 2.76 bits per heavy atom. The molecule has 0 spiro atoms. The van der Waals surface area contributed by atoms with Gasteiger partial charge in [-0.15, -0.1) is 0 Å². The number of ether oxygens (including phenoxy) is 1. The summed E-state index contributed by atoms with van der Waals surface area (Å²) in [7, 11) is 1.58. The molecule has 0 saturated carbocycles. The van der Waals surface area contributed by atoms with Gasteiger partial charge in [-0.2, -0.15) is 0 Å². The molecule has 1 aromatic carbocycles. The van der Waals surface area contributed by atoms with Gasteiger partial charge in [0.25, 0.3) is 0 Å². The summed E-state index contributed by atoms with van der Waals surface area (Å²) in [5.41, 5.74) is 0.685. The van der Waals surface area contributed by atoms with E-state index < -0.39 is 0 Å². The van der Waals surface area contributed by atoms with Gasteiger partial charge in [-0.05, 0) is 26.0 Å². The Balaban J connectivity index is 2.59. The molecule has 0 saturated heterocycles. The fraction of sp³-hybridized carbons (Fsp3) is 0.417. The highest BCUT2D eigenvalue weighted by atomic mass is 35.5. The van der Waals surface area contributed by atoms with Gasteiger partial charge in [-0.3, -0.25) is 4.79 Å². The summed E-state index contributed by atoms with van der Waals surface area (Å²) in [6, 6.07) is 5.38. The van der Waals surface area contributed by atoms with Crippen molar-refractivity contribution in [3.63, 3.8) is 0 Å². The Kier molecular flexibility index (Phi) is 5.10. The molecule has 1 aromatic rings. The van der Waals surface area contributed by atoms with Crippen LogP contribution in [0.25, 0.3) is 0 Å². The van der Waals surface area contributed by atoms with E-state index in [9.17, 15) is 4.79 Å². The molecule has 0 bridgehead atoms. The molecule has 17 heavy (non-hydrogen) atoms. The second kappa shape index (κ2) is 6.35. The summed E-state index contributed by atoms with van der Waals surface area (Å²) in [5.74, 6) is 0.625. The predicted octanol–water partition coefficient (Wildman–Crippen LogP) is 2.29. The molecule has 0 heterocycles. The van der Waals surface area contributed by atoms with E-state index in [1.165, 1.54) is 0 Å². The molecule has 5 heteroatoms. The average Bonchev–Trinajstić information content (AvgIpc) is 2.27. The van der Waals surface area contributed by atoms with Crippen molar-refractivity contribution >= 4 is 23.2 Å². The Morgan fingerprint density at radius 1 is 1.47 bits per heavy atom. The minimum Gasteiger partial charge on any atom is -0.497 e. The van der Waals surface area contributed by atoms with Gasteiger partial charge in [0.1, 0.15) is 5.75 Å². The van der Waals surface area contributed by atoms with Gasteiger partial charge in [0.15, 0.2) is 0 Å². The molecule has 0 unspecified atom stereocenters. The highest BCUT2D eigenvalue weighted by molar-refractivity contribution is 6.33. The molecule has 0 fully saturated rings. The van der Waals surface area contributed by atoms with Gasteiger partial charge >= 0.3 is 0 Å². The standard InChI is InChI=1S/C12H17ClN2O2/c1-8(2)15-12(16)7-14-11-6-9(17-3)4-5-10(11)13/h4-6,8,14H,7H2,1-3H3,(H,15,16). The third kappa shape index (κ3) is 4.53. The predicted molar refractivity (Wildman–Crippen MR) is 69.8 cm³/mol. The first-order valence-corrected chi connectivity index (χ1v) is 5.77. The molecule has 4 nitrogen and oxygen atoms in total. The van der Waals surface area contributed by atoms with Crippen LogP contribution in [0.4, 0.5) is 5.69 Å². The van der Waals surface area contributed by atoms with Gasteiger partial charge < -0.3 is 15.4 Å². The highest BCUT2D eigenvalue weighted by Crippen LogP contribution is 2.26. The molecular formula is C12H17ClN2O2. The quantitative estimate of drug-likeness (QED) is 0.850. The summed E-state index contributed by atoms with van der Waals surface area (Å²) >= 11 is 5.99. The molecule has 0 aliphatic rings. The van der Waals surface area contributed by atoms with Crippen molar-refractivity contribution < 1.29 is 9.53 Å². The number of carbonyl (C=O) groups excluding carboxylic acids is 1. The first kappa shape index (κ1) is 13.6. The van der Waals surface area contributed by atoms with E-state index in [1.54, 1.807) is 25.3 Å². The minimum absolute atomic E-state index is 0.0705. The van der Waals surface area contributed by atoms with Crippen molar-refractivity contribution in [2.45, 2.75) is 19.9 Å². The normalized spacial score (nSPS) is 10.2. The second-order valence-electron chi connectivity index (χ2n) is 3.92. The Labute approximate surface area is 106 Å². The van der Waals surface area contributed by atoms with E-state index in [4.69, 9.17) is 16.3 Å². The van der Waals surface area contributed by atoms with Crippen LogP contribution in [0.2, 0.25) is 5.02 Å². The molecule has 0 aromatic heterocycles. The number of benzene rings is 1. The third-order valence-electron chi connectivity index (χ3n) is 2.06. The van der Waals surface area contributed by atoms with Gasteiger partial charge in [-0.1, -0.05) is 11.6 Å². The van der Waals surface area contributed by atoms with Crippen molar-refractivity contribution in [2.24, 2.45) is 0 Å². The first-order chi connectivity index (χ1) is 8.02. The maximum Gasteiger partial charge on any atom is 0.239 e. The zero-order chi connectivity index (χ0) is 12.8. The number of carbonyl (C=O) groups is 1. The summed E-state index contributed by atoms with van der Waals surface area (Å²) in [4.78, 5) is 11.4. The Morgan fingerprint density at radius 2 is 2.18 bits per heavy atom. The summed E-state index contributed by atoms with van der Waals surface area (Å²) in [6.07, 6.45) is 0. The molecule has 0 aliphatic heterocycles. The number of nitrogens with one attached hydrogen (secondary N) is 2. The Hall–Kier alpha value is -1.42. The van der Waals surface area contributed by atoms with Gasteiger partial charge in [0, 0.05) is 12.1 Å². The number of hydrogen-bond acceptors (Lipinski definition) is 3. The largest absolute Gasteiger partial charge is 0.497 e. The highest BCUT2D eigenvalue weighted by Gasteiger charge is 2.06. The van der Waals surface area contributed by atoms with E-state index in [0.29, 0.717) is 16.5 Å². The summed E-state index contributed by atoms with van der Waals surface area (Å²) in [5, 5.41) is 6.31. The van der Waals surface area contributed by atoms with Gasteiger partial charge in [0.05, 0.1) is 24.4 Å². The van der Waals surface area contributed by atoms with Crippen molar-refractivity contribution in [2.75, 3.05) is 19.0 Å². The SMILES string of the molecule is COc1ccc(Cl)c(NCC(=O)NC(C)C)c1.